The summed E-state index contributed by atoms with van der Waals surface area (Å²) in [7, 11) is -2.14. The first-order valence-corrected chi connectivity index (χ1v) is 9.98. The van der Waals surface area contributed by atoms with Crippen LogP contribution in [0.15, 0.2) is 53.4 Å². The molecule has 0 saturated heterocycles. The zero-order valence-corrected chi connectivity index (χ0v) is 15.4. The lowest BCUT2D eigenvalue weighted by Gasteiger charge is -2.19. The van der Waals surface area contributed by atoms with Crippen molar-refractivity contribution in [1.82, 2.24) is 4.72 Å². The van der Waals surface area contributed by atoms with Gasteiger partial charge in [-0.3, -0.25) is 4.79 Å². The summed E-state index contributed by atoms with van der Waals surface area (Å²) in [5, 5.41) is 10.2. The topological polar surface area (TPSA) is 86.7 Å². The van der Waals surface area contributed by atoms with Crippen LogP contribution in [-0.4, -0.2) is 39.1 Å². The molecule has 6 nitrogen and oxygen atoms in total. The summed E-state index contributed by atoms with van der Waals surface area (Å²) >= 11 is 0. The van der Waals surface area contributed by atoms with Crippen molar-refractivity contribution >= 4 is 21.6 Å². The molecule has 2 aromatic rings. The maximum Gasteiger partial charge on any atom is 0.240 e. The Labute approximate surface area is 153 Å². The van der Waals surface area contributed by atoms with Crippen LogP contribution in [0.3, 0.4) is 0 Å². The highest BCUT2D eigenvalue weighted by molar-refractivity contribution is 7.89. The Morgan fingerprint density at radius 3 is 2.65 bits per heavy atom. The molecule has 26 heavy (non-hydrogen) atoms. The summed E-state index contributed by atoms with van der Waals surface area (Å²) in [5.41, 5.74) is 2.53. The van der Waals surface area contributed by atoms with Crippen LogP contribution in [0.25, 0.3) is 0 Å². The van der Waals surface area contributed by atoms with Crippen LogP contribution in [0.1, 0.15) is 17.5 Å². The van der Waals surface area contributed by atoms with Crippen molar-refractivity contribution in [3.05, 3.63) is 59.7 Å². The predicted octanol–water partition coefficient (Wildman–Crippen LogP) is 1.48. The fourth-order valence-electron chi connectivity index (χ4n) is 3.19. The zero-order valence-electron chi connectivity index (χ0n) is 14.6. The third-order valence-corrected chi connectivity index (χ3v) is 5.96. The van der Waals surface area contributed by atoms with Gasteiger partial charge in [0.15, 0.2) is 0 Å². The number of hydrogen-bond donors (Lipinski definition) is 2. The number of carbonyl (C=O) groups excluding carboxylic acids is 1. The Morgan fingerprint density at radius 1 is 1.23 bits per heavy atom. The number of rotatable bonds is 6. The van der Waals surface area contributed by atoms with E-state index in [0.29, 0.717) is 19.4 Å². The number of aliphatic hydroxyl groups excluding tert-OH is 1. The largest absolute Gasteiger partial charge is 0.392 e. The van der Waals surface area contributed by atoms with E-state index >= 15 is 0 Å². The van der Waals surface area contributed by atoms with Crippen molar-refractivity contribution < 1.29 is 18.3 Å². The van der Waals surface area contributed by atoms with Gasteiger partial charge in [0.2, 0.25) is 15.9 Å². The number of amides is 1. The number of sulfonamides is 1. The van der Waals surface area contributed by atoms with Crippen LogP contribution in [-0.2, 0) is 27.7 Å². The van der Waals surface area contributed by atoms with Crippen molar-refractivity contribution in [3.8, 4) is 0 Å². The molecule has 0 fully saturated rings. The van der Waals surface area contributed by atoms with Gasteiger partial charge in [-0.05, 0) is 49.2 Å². The van der Waals surface area contributed by atoms with E-state index in [1.54, 1.807) is 17.0 Å². The van der Waals surface area contributed by atoms with Gasteiger partial charge >= 0.3 is 0 Å². The van der Waals surface area contributed by atoms with Crippen LogP contribution >= 0.6 is 0 Å². The number of aliphatic hydroxyl groups is 1. The Kier molecular flexibility index (Phi) is 5.41. The van der Waals surface area contributed by atoms with E-state index < -0.39 is 16.1 Å². The predicted molar refractivity (Wildman–Crippen MR) is 99.5 cm³/mol. The first-order valence-electron chi connectivity index (χ1n) is 8.49. The average Bonchev–Trinajstić information content (AvgIpc) is 3.05. The standard InChI is InChI=1S/C19H22N2O4S/c1-20-26(24,25)17-7-8-18-15(12-17)9-10-21(18)19(23)13-16(22)11-14-5-3-2-4-6-14/h2-8,12,16,20,22H,9-11,13H2,1H3/t16-/m1/s1. The number of anilines is 1. The number of nitrogens with one attached hydrogen (secondary N) is 1. The van der Waals surface area contributed by atoms with E-state index in [-0.39, 0.29) is 17.2 Å². The van der Waals surface area contributed by atoms with Crippen LogP contribution in [0.4, 0.5) is 5.69 Å². The van der Waals surface area contributed by atoms with Crippen molar-refractivity contribution in [2.45, 2.75) is 30.3 Å². The molecule has 0 aromatic heterocycles. The second-order valence-electron chi connectivity index (χ2n) is 6.34. The van der Waals surface area contributed by atoms with E-state index in [9.17, 15) is 18.3 Å². The molecule has 3 rings (SSSR count). The maximum atomic E-state index is 12.6. The summed E-state index contributed by atoms with van der Waals surface area (Å²) in [6, 6.07) is 14.3. The molecule has 1 atom stereocenters. The van der Waals surface area contributed by atoms with E-state index in [1.807, 2.05) is 30.3 Å². The van der Waals surface area contributed by atoms with E-state index in [2.05, 4.69) is 4.72 Å². The highest BCUT2D eigenvalue weighted by Gasteiger charge is 2.27. The quantitative estimate of drug-likeness (QED) is 0.802. The lowest BCUT2D eigenvalue weighted by molar-refractivity contribution is -0.120. The van der Waals surface area contributed by atoms with Gasteiger partial charge in [0.1, 0.15) is 0 Å². The molecule has 7 heteroatoms. The van der Waals surface area contributed by atoms with Gasteiger partial charge in [-0.1, -0.05) is 30.3 Å². The molecule has 1 aliphatic rings. The van der Waals surface area contributed by atoms with Crippen molar-refractivity contribution in [1.29, 1.82) is 0 Å². The Balaban J connectivity index is 1.69. The summed E-state index contributed by atoms with van der Waals surface area (Å²) < 4.78 is 26.1. The molecule has 2 N–H and O–H groups in total. The highest BCUT2D eigenvalue weighted by atomic mass is 32.2. The summed E-state index contributed by atoms with van der Waals surface area (Å²) in [6.45, 7) is 0.495. The first-order chi connectivity index (χ1) is 12.4. The number of nitrogens with zero attached hydrogens (tertiary/aromatic N) is 1. The minimum absolute atomic E-state index is 0.0326. The van der Waals surface area contributed by atoms with Crippen molar-refractivity contribution in [2.24, 2.45) is 0 Å². The first kappa shape index (κ1) is 18.6. The normalized spacial score (nSPS) is 14.9. The minimum Gasteiger partial charge on any atom is -0.392 e. The lowest BCUT2D eigenvalue weighted by Crippen LogP contribution is -2.32. The minimum atomic E-state index is -3.50. The van der Waals surface area contributed by atoms with Gasteiger partial charge in [0.25, 0.3) is 0 Å². The second kappa shape index (κ2) is 7.57. The molecule has 0 radical (unpaired) electrons. The Hall–Kier alpha value is -2.22. The van der Waals surface area contributed by atoms with Crippen LogP contribution in [0.5, 0.6) is 0 Å². The van der Waals surface area contributed by atoms with E-state index in [0.717, 1.165) is 16.8 Å². The van der Waals surface area contributed by atoms with Crippen LogP contribution in [0, 0.1) is 0 Å². The Morgan fingerprint density at radius 2 is 1.96 bits per heavy atom. The Bertz CT molecular complexity index is 897. The number of carbonyl (C=O) groups is 1. The molecule has 1 aliphatic heterocycles. The molecule has 1 amide bonds. The molecule has 0 bridgehead atoms. The SMILES string of the molecule is CNS(=O)(=O)c1ccc2c(c1)CCN2C(=O)C[C@H](O)Cc1ccccc1. The van der Waals surface area contributed by atoms with E-state index in [1.165, 1.54) is 13.1 Å². The zero-order chi connectivity index (χ0) is 18.7. The molecular formula is C19H22N2O4S. The summed E-state index contributed by atoms with van der Waals surface area (Å²) in [6.07, 6.45) is 0.304. The number of benzene rings is 2. The fourth-order valence-corrected chi connectivity index (χ4v) is 3.97. The molecule has 0 spiro atoms. The molecule has 0 unspecified atom stereocenters. The summed E-state index contributed by atoms with van der Waals surface area (Å²) in [5.74, 6) is -0.156. The maximum absolute atomic E-state index is 12.6. The highest BCUT2D eigenvalue weighted by Crippen LogP contribution is 2.30. The molecule has 1 heterocycles. The summed E-state index contributed by atoms with van der Waals surface area (Å²) in [4.78, 5) is 14.4. The third-order valence-electron chi connectivity index (χ3n) is 4.55. The fraction of sp³-hybridized carbons (Fsp3) is 0.316. The number of hydrogen-bond acceptors (Lipinski definition) is 4. The molecule has 138 valence electrons. The van der Waals surface area contributed by atoms with Crippen molar-refractivity contribution in [3.63, 3.8) is 0 Å². The van der Waals surface area contributed by atoms with Gasteiger partial charge < -0.3 is 10.0 Å². The molecule has 0 saturated carbocycles. The van der Waals surface area contributed by atoms with E-state index in [4.69, 9.17) is 0 Å². The van der Waals surface area contributed by atoms with Gasteiger partial charge in [-0.2, -0.15) is 0 Å². The molecule has 2 aromatic carbocycles. The average molecular weight is 374 g/mol. The smallest absolute Gasteiger partial charge is 0.240 e. The number of fused-ring (bicyclic) bond motifs is 1. The third kappa shape index (κ3) is 3.95. The van der Waals surface area contributed by atoms with Crippen LogP contribution in [0.2, 0.25) is 0 Å². The van der Waals surface area contributed by atoms with Crippen LogP contribution < -0.4 is 9.62 Å². The lowest BCUT2D eigenvalue weighted by atomic mass is 10.1. The van der Waals surface area contributed by atoms with Gasteiger partial charge in [-0.15, -0.1) is 0 Å². The second-order valence-corrected chi connectivity index (χ2v) is 8.23. The van der Waals surface area contributed by atoms with Crippen molar-refractivity contribution in [2.75, 3.05) is 18.5 Å². The molecule has 0 aliphatic carbocycles. The van der Waals surface area contributed by atoms with Gasteiger partial charge in [0, 0.05) is 12.2 Å². The molecular weight excluding hydrogens is 352 g/mol. The van der Waals surface area contributed by atoms with Gasteiger partial charge in [-0.25, -0.2) is 13.1 Å². The van der Waals surface area contributed by atoms with Gasteiger partial charge in [0.05, 0.1) is 17.4 Å². The monoisotopic (exact) mass is 374 g/mol.